The molecule has 0 bridgehead atoms. The van der Waals surface area contributed by atoms with Crippen LogP contribution in [0.2, 0.25) is 10.0 Å². The molecule has 9 nitrogen and oxygen atoms in total. The lowest BCUT2D eigenvalue weighted by Crippen LogP contribution is -2.49. The van der Waals surface area contributed by atoms with E-state index < -0.39 is 28.1 Å². The van der Waals surface area contributed by atoms with Crippen molar-refractivity contribution >= 4 is 62.3 Å². The summed E-state index contributed by atoms with van der Waals surface area (Å²) in [6, 6.07) is 9.20. The molecule has 2 heterocycles. The topological polar surface area (TPSA) is 118 Å². The summed E-state index contributed by atoms with van der Waals surface area (Å²) in [5.74, 6) is -0.919. The second-order valence-corrected chi connectivity index (χ2v) is 12.7. The Labute approximate surface area is 242 Å². The van der Waals surface area contributed by atoms with Gasteiger partial charge in [-0.15, -0.1) is 11.3 Å². The summed E-state index contributed by atoms with van der Waals surface area (Å²) in [5, 5.41) is 4.83. The van der Waals surface area contributed by atoms with Crippen LogP contribution in [0.15, 0.2) is 54.2 Å². The van der Waals surface area contributed by atoms with Gasteiger partial charge in [0, 0.05) is 36.0 Å². The molecule has 0 aliphatic heterocycles. The molecule has 2 N–H and O–H groups in total. The van der Waals surface area contributed by atoms with E-state index in [1.165, 1.54) is 35.1 Å². The Hall–Kier alpha value is -2.54. The van der Waals surface area contributed by atoms with E-state index in [0.29, 0.717) is 30.1 Å². The van der Waals surface area contributed by atoms with E-state index in [4.69, 9.17) is 27.9 Å². The van der Waals surface area contributed by atoms with Crippen molar-refractivity contribution in [2.75, 3.05) is 19.0 Å². The zero-order chi connectivity index (χ0) is 28.6. The van der Waals surface area contributed by atoms with E-state index in [0.717, 1.165) is 4.88 Å². The van der Waals surface area contributed by atoms with E-state index in [2.05, 4.69) is 15.0 Å². The standard InChI is InChI=1S/C26H30Cl2N4O5S2/c1-17(2)10-11-32(16-20-5-4-12-38-20)39(35,36)31-23(26(34)37-3)13-18-6-8-19(9-7-18)30-25(33)24-21(27)14-29-15-22(24)28/h4-9,12,14-15,17,23,31H,10-11,13,16H2,1-3H3,(H,30,33)/t23-/m0/s1. The first-order chi connectivity index (χ1) is 18.5. The quantitative estimate of drug-likeness (QED) is 0.257. The zero-order valence-corrected chi connectivity index (χ0v) is 24.8. The van der Waals surface area contributed by atoms with Gasteiger partial charge in [-0.25, -0.2) is 0 Å². The predicted octanol–water partition coefficient (Wildman–Crippen LogP) is 5.17. The van der Waals surface area contributed by atoms with Gasteiger partial charge >= 0.3 is 5.97 Å². The number of nitrogens with zero attached hydrogens (tertiary/aromatic N) is 2. The van der Waals surface area contributed by atoms with Crippen LogP contribution in [0.5, 0.6) is 0 Å². The van der Waals surface area contributed by atoms with Crippen molar-refractivity contribution in [3.63, 3.8) is 0 Å². The summed E-state index contributed by atoms with van der Waals surface area (Å²) in [6.45, 7) is 4.55. The van der Waals surface area contributed by atoms with Gasteiger partial charge in [0.05, 0.1) is 22.7 Å². The first-order valence-electron chi connectivity index (χ1n) is 12.1. The first kappa shape index (κ1) is 31.0. The van der Waals surface area contributed by atoms with Crippen LogP contribution in [0, 0.1) is 5.92 Å². The molecule has 0 radical (unpaired) electrons. The molecule has 3 rings (SSSR count). The predicted molar refractivity (Wildman–Crippen MR) is 154 cm³/mol. The van der Waals surface area contributed by atoms with Crippen LogP contribution in [0.4, 0.5) is 5.69 Å². The average Bonchev–Trinajstić information content (AvgIpc) is 3.39. The third-order valence-corrected chi connectivity index (χ3v) is 8.73. The van der Waals surface area contributed by atoms with E-state index in [1.54, 1.807) is 24.3 Å². The maximum absolute atomic E-state index is 13.4. The molecule has 0 aliphatic carbocycles. The van der Waals surface area contributed by atoms with Crippen LogP contribution in [0.3, 0.4) is 0 Å². The minimum Gasteiger partial charge on any atom is -0.468 e. The molecular formula is C26H30Cl2N4O5S2. The molecular weight excluding hydrogens is 583 g/mol. The molecule has 0 unspecified atom stereocenters. The van der Waals surface area contributed by atoms with Crippen molar-refractivity contribution in [2.45, 2.75) is 39.3 Å². The SMILES string of the molecule is COC(=O)[C@H](Cc1ccc(NC(=O)c2c(Cl)cncc2Cl)cc1)NS(=O)(=O)N(CCC(C)C)Cc1cccs1. The van der Waals surface area contributed by atoms with E-state index in [1.807, 2.05) is 31.4 Å². The van der Waals surface area contributed by atoms with Gasteiger partial charge in [0.2, 0.25) is 0 Å². The minimum atomic E-state index is -4.03. The number of aromatic nitrogens is 1. The number of thiophene rings is 1. The summed E-state index contributed by atoms with van der Waals surface area (Å²) in [5.41, 5.74) is 1.21. The molecule has 1 atom stereocenters. The van der Waals surface area contributed by atoms with E-state index in [-0.39, 0.29) is 28.6 Å². The molecule has 2 aromatic heterocycles. The molecule has 0 saturated heterocycles. The van der Waals surface area contributed by atoms with Gasteiger partial charge in [-0.05, 0) is 47.9 Å². The average molecular weight is 614 g/mol. The van der Waals surface area contributed by atoms with Crippen LogP contribution in [-0.4, -0.2) is 49.3 Å². The molecule has 1 aromatic carbocycles. The van der Waals surface area contributed by atoms with Gasteiger partial charge in [0.25, 0.3) is 16.1 Å². The number of rotatable bonds is 13. The number of benzene rings is 1. The number of anilines is 1. The molecule has 1 amide bonds. The van der Waals surface area contributed by atoms with Crippen LogP contribution in [0.1, 0.15) is 41.1 Å². The molecule has 0 saturated carbocycles. The van der Waals surface area contributed by atoms with Crippen molar-refractivity contribution in [2.24, 2.45) is 5.92 Å². The van der Waals surface area contributed by atoms with Crippen LogP contribution in [-0.2, 0) is 32.7 Å². The third kappa shape index (κ3) is 8.99. The van der Waals surface area contributed by atoms with Gasteiger partial charge in [0.15, 0.2) is 0 Å². The number of carbonyl (C=O) groups is 2. The number of amides is 1. The van der Waals surface area contributed by atoms with Crippen molar-refractivity contribution in [1.29, 1.82) is 0 Å². The molecule has 0 aliphatic rings. The highest BCUT2D eigenvalue weighted by atomic mass is 35.5. The van der Waals surface area contributed by atoms with E-state index >= 15 is 0 Å². The lowest BCUT2D eigenvalue weighted by molar-refractivity contribution is -0.142. The Bertz CT molecular complexity index is 1350. The molecule has 39 heavy (non-hydrogen) atoms. The number of hydrogen-bond donors (Lipinski definition) is 2. The number of carbonyl (C=O) groups excluding carboxylic acids is 2. The number of nitrogens with one attached hydrogen (secondary N) is 2. The van der Waals surface area contributed by atoms with Crippen molar-refractivity contribution in [3.8, 4) is 0 Å². The fourth-order valence-corrected chi connectivity index (χ4v) is 6.29. The van der Waals surface area contributed by atoms with Crippen LogP contribution in [0.25, 0.3) is 0 Å². The number of halogens is 2. The Morgan fingerprint density at radius 3 is 2.33 bits per heavy atom. The summed E-state index contributed by atoms with van der Waals surface area (Å²) < 4.78 is 35.6. The molecule has 0 spiro atoms. The summed E-state index contributed by atoms with van der Waals surface area (Å²) in [7, 11) is -2.82. The van der Waals surface area contributed by atoms with Gasteiger partial charge in [-0.3, -0.25) is 14.6 Å². The summed E-state index contributed by atoms with van der Waals surface area (Å²) in [6.07, 6.45) is 3.35. The fraction of sp³-hybridized carbons (Fsp3) is 0.346. The number of ether oxygens (including phenoxy) is 1. The smallest absolute Gasteiger partial charge is 0.324 e. The highest BCUT2D eigenvalue weighted by Gasteiger charge is 2.30. The van der Waals surface area contributed by atoms with Gasteiger partial charge < -0.3 is 10.1 Å². The fourth-order valence-electron chi connectivity index (χ4n) is 3.61. The van der Waals surface area contributed by atoms with Gasteiger partial charge in [0.1, 0.15) is 6.04 Å². The third-order valence-electron chi connectivity index (χ3n) is 5.72. The number of hydrogen-bond acceptors (Lipinski definition) is 7. The van der Waals surface area contributed by atoms with Crippen molar-refractivity contribution < 1.29 is 22.7 Å². The molecule has 3 aromatic rings. The zero-order valence-electron chi connectivity index (χ0n) is 21.7. The second kappa shape index (κ2) is 14.2. The molecule has 0 fully saturated rings. The first-order valence-corrected chi connectivity index (χ1v) is 15.1. The Balaban J connectivity index is 1.73. The second-order valence-electron chi connectivity index (χ2n) is 9.13. The van der Waals surface area contributed by atoms with Crippen molar-refractivity contribution in [1.82, 2.24) is 14.0 Å². The van der Waals surface area contributed by atoms with E-state index in [9.17, 15) is 18.0 Å². The lowest BCUT2D eigenvalue weighted by Gasteiger charge is -2.25. The minimum absolute atomic E-state index is 0.0408. The monoisotopic (exact) mass is 612 g/mol. The maximum atomic E-state index is 13.4. The normalized spacial score (nSPS) is 12.5. The lowest BCUT2D eigenvalue weighted by atomic mass is 10.1. The number of pyridine rings is 1. The largest absolute Gasteiger partial charge is 0.468 e. The summed E-state index contributed by atoms with van der Waals surface area (Å²) in [4.78, 5) is 29.9. The van der Waals surface area contributed by atoms with Gasteiger partial charge in [-0.2, -0.15) is 17.4 Å². The Morgan fingerprint density at radius 2 is 1.77 bits per heavy atom. The highest BCUT2D eigenvalue weighted by molar-refractivity contribution is 7.87. The summed E-state index contributed by atoms with van der Waals surface area (Å²) >= 11 is 13.6. The molecule has 210 valence electrons. The number of esters is 1. The van der Waals surface area contributed by atoms with Crippen LogP contribution >= 0.6 is 34.5 Å². The Kier molecular flexibility index (Phi) is 11.3. The van der Waals surface area contributed by atoms with Crippen LogP contribution < -0.4 is 10.0 Å². The van der Waals surface area contributed by atoms with Crippen molar-refractivity contribution in [3.05, 3.63) is 80.2 Å². The number of methoxy groups -OCH3 is 1. The Morgan fingerprint density at radius 1 is 1.10 bits per heavy atom. The highest BCUT2D eigenvalue weighted by Crippen LogP contribution is 2.24. The maximum Gasteiger partial charge on any atom is 0.324 e. The molecule has 13 heteroatoms. The van der Waals surface area contributed by atoms with Gasteiger partial charge in [-0.1, -0.05) is 55.2 Å².